The monoisotopic (exact) mass is 422 g/mol. The summed E-state index contributed by atoms with van der Waals surface area (Å²) >= 11 is 0. The molecule has 3 aromatic rings. The van der Waals surface area contributed by atoms with Crippen LogP contribution < -0.4 is 5.32 Å². The fourth-order valence-corrected chi connectivity index (χ4v) is 4.46. The molecule has 1 fully saturated rings. The molecule has 0 aliphatic carbocycles. The number of hydrogen-bond donors (Lipinski definition) is 2. The zero-order valence-corrected chi connectivity index (χ0v) is 17.0. The van der Waals surface area contributed by atoms with Crippen molar-refractivity contribution < 1.29 is 18.0 Å². The summed E-state index contributed by atoms with van der Waals surface area (Å²) in [5.41, 5.74) is 2.63. The van der Waals surface area contributed by atoms with Gasteiger partial charge in [-0.25, -0.2) is 9.97 Å². The number of alkyl halides is 3. The standard InChI is InChI=1S/C20H25F3N6O/c1-3-15(19(30)26-11-20(21,22)23)28-8-6-12(10-28)29-16(4-2)27-14-9-25-18-13(17(14)29)5-7-24-18/h5,7,9,12,15H,3-4,6,8,10-11H2,1-2H3,(H,24,25)(H,26,30). The van der Waals surface area contributed by atoms with Crippen molar-refractivity contribution >= 4 is 28.0 Å². The SMILES string of the molecule is CCc1nc2cnc3[nH]ccc3c2n1C1CCN(C(CC)C(=O)NCC(F)(F)F)C1. The average molecular weight is 422 g/mol. The number of fused-ring (bicyclic) bond motifs is 3. The Kier molecular flexibility index (Phi) is 5.44. The Morgan fingerprint density at radius 3 is 2.90 bits per heavy atom. The number of aromatic nitrogens is 4. The lowest BCUT2D eigenvalue weighted by Crippen LogP contribution is -2.48. The number of halogens is 3. The number of hydrogen-bond acceptors (Lipinski definition) is 4. The molecule has 1 aliphatic rings. The first-order valence-electron chi connectivity index (χ1n) is 10.2. The molecule has 1 aliphatic heterocycles. The van der Waals surface area contributed by atoms with Crippen molar-refractivity contribution in [1.29, 1.82) is 0 Å². The van der Waals surface area contributed by atoms with Gasteiger partial charge >= 0.3 is 6.18 Å². The predicted molar refractivity (Wildman–Crippen MR) is 107 cm³/mol. The van der Waals surface area contributed by atoms with Crippen molar-refractivity contribution in [1.82, 2.24) is 29.7 Å². The second-order valence-corrected chi connectivity index (χ2v) is 7.68. The third-order valence-corrected chi connectivity index (χ3v) is 5.78. The van der Waals surface area contributed by atoms with Gasteiger partial charge < -0.3 is 14.9 Å². The van der Waals surface area contributed by atoms with E-state index in [1.165, 1.54) is 0 Å². The molecule has 10 heteroatoms. The Hall–Kier alpha value is -2.62. The predicted octanol–water partition coefficient (Wildman–Crippen LogP) is 3.18. The van der Waals surface area contributed by atoms with Crippen LogP contribution in [0.1, 0.15) is 38.6 Å². The van der Waals surface area contributed by atoms with Gasteiger partial charge in [0.05, 0.1) is 17.8 Å². The summed E-state index contributed by atoms with van der Waals surface area (Å²) in [5.74, 6) is 0.376. The third-order valence-electron chi connectivity index (χ3n) is 5.78. The van der Waals surface area contributed by atoms with Crippen LogP contribution >= 0.6 is 0 Å². The number of aromatic amines is 1. The van der Waals surface area contributed by atoms with Crippen molar-refractivity contribution in [2.24, 2.45) is 0 Å². The number of rotatable bonds is 6. The van der Waals surface area contributed by atoms with E-state index in [-0.39, 0.29) is 6.04 Å². The number of nitrogens with one attached hydrogen (secondary N) is 2. The van der Waals surface area contributed by atoms with Gasteiger partial charge in [-0.3, -0.25) is 9.69 Å². The normalized spacial score (nSPS) is 19.0. The first-order chi connectivity index (χ1) is 14.3. The Morgan fingerprint density at radius 2 is 2.20 bits per heavy atom. The number of likely N-dealkylation sites (tertiary alicyclic amines) is 1. The van der Waals surface area contributed by atoms with Crippen molar-refractivity contribution in [2.75, 3.05) is 19.6 Å². The Labute approximate surface area is 171 Å². The van der Waals surface area contributed by atoms with E-state index in [0.717, 1.165) is 40.7 Å². The fraction of sp³-hybridized carbons (Fsp3) is 0.550. The molecular weight excluding hydrogens is 397 g/mol. The minimum Gasteiger partial charge on any atom is -0.346 e. The number of imidazole rings is 1. The van der Waals surface area contributed by atoms with Crippen LogP contribution in [0.25, 0.3) is 22.1 Å². The largest absolute Gasteiger partial charge is 0.405 e. The molecule has 30 heavy (non-hydrogen) atoms. The first kappa shape index (κ1) is 20.6. The van der Waals surface area contributed by atoms with Crippen molar-refractivity contribution in [3.8, 4) is 0 Å². The summed E-state index contributed by atoms with van der Waals surface area (Å²) in [7, 11) is 0. The molecule has 1 saturated heterocycles. The molecule has 2 atom stereocenters. The van der Waals surface area contributed by atoms with Crippen LogP contribution in [-0.4, -0.2) is 62.2 Å². The van der Waals surface area contributed by atoms with Crippen LogP contribution in [0.4, 0.5) is 13.2 Å². The zero-order valence-electron chi connectivity index (χ0n) is 17.0. The number of pyridine rings is 1. The highest BCUT2D eigenvalue weighted by Gasteiger charge is 2.35. The van der Waals surface area contributed by atoms with E-state index < -0.39 is 24.7 Å². The van der Waals surface area contributed by atoms with E-state index in [4.69, 9.17) is 4.98 Å². The minimum atomic E-state index is -4.41. The lowest BCUT2D eigenvalue weighted by molar-refractivity contribution is -0.141. The topological polar surface area (TPSA) is 78.8 Å². The molecule has 7 nitrogen and oxygen atoms in total. The van der Waals surface area contributed by atoms with Gasteiger partial charge in [0, 0.05) is 37.1 Å². The maximum Gasteiger partial charge on any atom is 0.405 e. The van der Waals surface area contributed by atoms with E-state index in [1.54, 1.807) is 6.20 Å². The van der Waals surface area contributed by atoms with Gasteiger partial charge in [0.25, 0.3) is 0 Å². The van der Waals surface area contributed by atoms with Gasteiger partial charge in [-0.2, -0.15) is 13.2 Å². The molecule has 0 aromatic carbocycles. The molecule has 4 rings (SSSR count). The molecule has 3 aromatic heterocycles. The lowest BCUT2D eigenvalue weighted by atomic mass is 10.2. The highest BCUT2D eigenvalue weighted by atomic mass is 19.4. The van der Waals surface area contributed by atoms with Crippen molar-refractivity contribution in [3.63, 3.8) is 0 Å². The van der Waals surface area contributed by atoms with E-state index in [2.05, 4.69) is 14.5 Å². The van der Waals surface area contributed by atoms with E-state index in [1.807, 2.05) is 36.3 Å². The maximum atomic E-state index is 12.5. The van der Waals surface area contributed by atoms with Gasteiger partial charge in [-0.05, 0) is 18.9 Å². The maximum absolute atomic E-state index is 12.5. The quantitative estimate of drug-likeness (QED) is 0.640. The molecule has 0 saturated carbocycles. The number of carbonyl (C=O) groups is 1. The van der Waals surface area contributed by atoms with Gasteiger partial charge in [0.1, 0.15) is 23.5 Å². The zero-order chi connectivity index (χ0) is 21.5. The van der Waals surface area contributed by atoms with Crippen LogP contribution in [-0.2, 0) is 11.2 Å². The van der Waals surface area contributed by atoms with Crippen LogP contribution in [0.3, 0.4) is 0 Å². The van der Waals surface area contributed by atoms with Gasteiger partial charge in [-0.1, -0.05) is 13.8 Å². The van der Waals surface area contributed by atoms with Crippen LogP contribution in [0.5, 0.6) is 0 Å². The molecule has 4 heterocycles. The van der Waals surface area contributed by atoms with Gasteiger partial charge in [0.15, 0.2) is 0 Å². The number of carbonyl (C=O) groups excluding carboxylic acids is 1. The second kappa shape index (κ2) is 7.90. The summed E-state index contributed by atoms with van der Waals surface area (Å²) in [6, 6.07) is 1.50. The number of H-pyrrole nitrogens is 1. The molecule has 0 radical (unpaired) electrons. The molecule has 2 N–H and O–H groups in total. The van der Waals surface area contributed by atoms with Crippen LogP contribution in [0.2, 0.25) is 0 Å². The Balaban J connectivity index is 1.60. The minimum absolute atomic E-state index is 0.0925. The summed E-state index contributed by atoms with van der Waals surface area (Å²) < 4.78 is 39.7. The summed E-state index contributed by atoms with van der Waals surface area (Å²) in [6.07, 6.45) is 1.20. The van der Waals surface area contributed by atoms with E-state index in [0.29, 0.717) is 19.5 Å². The van der Waals surface area contributed by atoms with Gasteiger partial charge in [-0.15, -0.1) is 0 Å². The fourth-order valence-electron chi connectivity index (χ4n) is 4.46. The second-order valence-electron chi connectivity index (χ2n) is 7.68. The summed E-state index contributed by atoms with van der Waals surface area (Å²) in [4.78, 5) is 26.7. The molecule has 1 amide bonds. The number of nitrogens with zero attached hydrogens (tertiary/aromatic N) is 4. The summed E-state index contributed by atoms with van der Waals surface area (Å²) in [5, 5.41) is 3.03. The molecule has 162 valence electrons. The van der Waals surface area contributed by atoms with E-state index >= 15 is 0 Å². The van der Waals surface area contributed by atoms with Crippen molar-refractivity contribution in [2.45, 2.75) is 51.4 Å². The van der Waals surface area contributed by atoms with E-state index in [9.17, 15) is 18.0 Å². The van der Waals surface area contributed by atoms with Crippen LogP contribution in [0.15, 0.2) is 18.5 Å². The number of aryl methyl sites for hydroxylation is 1. The number of amides is 1. The smallest absolute Gasteiger partial charge is 0.346 e. The average Bonchev–Trinajstić information content (AvgIpc) is 3.42. The Morgan fingerprint density at radius 1 is 1.40 bits per heavy atom. The summed E-state index contributed by atoms with van der Waals surface area (Å²) in [6.45, 7) is 3.80. The molecular formula is C20H25F3N6O. The van der Waals surface area contributed by atoms with Crippen LogP contribution in [0, 0.1) is 0 Å². The molecule has 2 unspecified atom stereocenters. The first-order valence-corrected chi connectivity index (χ1v) is 10.2. The Bertz CT molecular complexity index is 1060. The highest BCUT2D eigenvalue weighted by Crippen LogP contribution is 2.33. The van der Waals surface area contributed by atoms with Gasteiger partial charge in [0.2, 0.25) is 5.91 Å². The van der Waals surface area contributed by atoms with Crippen molar-refractivity contribution in [3.05, 3.63) is 24.3 Å². The molecule has 0 bridgehead atoms. The highest BCUT2D eigenvalue weighted by molar-refractivity contribution is 6.01. The lowest BCUT2D eigenvalue weighted by Gasteiger charge is -2.26. The third kappa shape index (κ3) is 3.76. The molecule has 0 spiro atoms.